The summed E-state index contributed by atoms with van der Waals surface area (Å²) in [5.74, 6) is 0.933. The molecule has 2 N–H and O–H groups in total. The number of nitrogens with zero attached hydrogens (tertiary/aromatic N) is 2. The van der Waals surface area contributed by atoms with E-state index in [2.05, 4.69) is 23.8 Å². The number of hydrogen-bond donors (Lipinski definition) is 1. The van der Waals surface area contributed by atoms with E-state index in [0.717, 1.165) is 51.9 Å². The molecule has 1 heterocycles. The van der Waals surface area contributed by atoms with Crippen LogP contribution in [0.3, 0.4) is 0 Å². The van der Waals surface area contributed by atoms with Crippen LogP contribution in [0, 0.1) is 5.92 Å². The molecule has 1 aliphatic carbocycles. The van der Waals surface area contributed by atoms with Gasteiger partial charge in [-0.2, -0.15) is 0 Å². The van der Waals surface area contributed by atoms with E-state index in [1.54, 1.807) is 0 Å². The minimum Gasteiger partial charge on any atom is -0.379 e. The van der Waals surface area contributed by atoms with Crippen molar-refractivity contribution in [3.8, 4) is 0 Å². The van der Waals surface area contributed by atoms with Crippen molar-refractivity contribution < 1.29 is 4.74 Å². The van der Waals surface area contributed by atoms with Crippen LogP contribution in [-0.2, 0) is 4.74 Å². The Kier molecular flexibility index (Phi) is 6.27. The minimum absolute atomic E-state index is 0.262. The third-order valence-electron chi connectivity index (χ3n) is 5.66. The first-order valence-electron chi connectivity index (χ1n) is 8.41. The zero-order valence-corrected chi connectivity index (χ0v) is 13.4. The molecule has 0 spiro atoms. The smallest absolute Gasteiger partial charge is 0.0594 e. The van der Waals surface area contributed by atoms with E-state index in [0.29, 0.717) is 0 Å². The van der Waals surface area contributed by atoms with Gasteiger partial charge in [0.25, 0.3) is 0 Å². The molecule has 1 saturated carbocycles. The maximum Gasteiger partial charge on any atom is 0.0594 e. The first-order chi connectivity index (χ1) is 9.70. The number of nitrogens with two attached hydrogens (primary N) is 1. The molecular weight excluding hydrogens is 250 g/mol. The third-order valence-corrected chi connectivity index (χ3v) is 5.66. The quantitative estimate of drug-likeness (QED) is 0.803. The third kappa shape index (κ3) is 3.94. The van der Waals surface area contributed by atoms with E-state index >= 15 is 0 Å². The summed E-state index contributed by atoms with van der Waals surface area (Å²) >= 11 is 0. The highest BCUT2D eigenvalue weighted by Crippen LogP contribution is 2.36. The number of morpholine rings is 1. The van der Waals surface area contributed by atoms with E-state index < -0.39 is 0 Å². The largest absolute Gasteiger partial charge is 0.379 e. The molecule has 0 bridgehead atoms. The van der Waals surface area contributed by atoms with Crippen molar-refractivity contribution in [1.82, 2.24) is 9.80 Å². The Bertz CT molecular complexity index is 271. The minimum atomic E-state index is 0.262. The number of rotatable bonds is 6. The molecule has 4 nitrogen and oxygen atoms in total. The van der Waals surface area contributed by atoms with Gasteiger partial charge in [-0.1, -0.05) is 13.3 Å². The first-order valence-corrected chi connectivity index (χ1v) is 8.41. The van der Waals surface area contributed by atoms with Crippen LogP contribution in [0.2, 0.25) is 0 Å². The van der Waals surface area contributed by atoms with Crippen molar-refractivity contribution in [1.29, 1.82) is 0 Å². The van der Waals surface area contributed by atoms with Crippen LogP contribution in [0.1, 0.15) is 39.0 Å². The molecule has 118 valence electrons. The molecule has 0 aromatic carbocycles. The average Bonchev–Trinajstić information content (AvgIpc) is 2.53. The fourth-order valence-electron chi connectivity index (χ4n) is 3.72. The standard InChI is InChI=1S/C16H33N3O/c1-3-15-4-6-16(14-17,7-5-15)18(2)8-9-19-10-12-20-13-11-19/h15H,3-14,17H2,1-2H3. The van der Waals surface area contributed by atoms with E-state index in [9.17, 15) is 0 Å². The molecular formula is C16H33N3O. The fraction of sp³-hybridized carbons (Fsp3) is 1.00. The van der Waals surface area contributed by atoms with Gasteiger partial charge in [0.15, 0.2) is 0 Å². The SMILES string of the molecule is CCC1CCC(CN)(N(C)CCN2CCOCC2)CC1. The number of ether oxygens (including phenoxy) is 1. The monoisotopic (exact) mass is 283 g/mol. The normalized spacial score (nSPS) is 32.7. The molecule has 20 heavy (non-hydrogen) atoms. The topological polar surface area (TPSA) is 41.7 Å². The molecule has 2 rings (SSSR count). The van der Waals surface area contributed by atoms with Gasteiger partial charge in [-0.15, -0.1) is 0 Å². The molecule has 0 unspecified atom stereocenters. The molecule has 0 radical (unpaired) electrons. The Hall–Kier alpha value is -0.160. The van der Waals surface area contributed by atoms with Crippen LogP contribution < -0.4 is 5.73 Å². The fourth-order valence-corrected chi connectivity index (χ4v) is 3.72. The van der Waals surface area contributed by atoms with Gasteiger partial charge in [-0.3, -0.25) is 9.80 Å². The predicted octanol–water partition coefficient (Wildman–Crippen LogP) is 1.55. The predicted molar refractivity (Wildman–Crippen MR) is 83.9 cm³/mol. The second-order valence-corrected chi connectivity index (χ2v) is 6.66. The van der Waals surface area contributed by atoms with Gasteiger partial charge in [0, 0.05) is 38.3 Å². The highest BCUT2D eigenvalue weighted by molar-refractivity contribution is 4.94. The van der Waals surface area contributed by atoms with Gasteiger partial charge in [-0.05, 0) is 38.6 Å². The Morgan fingerprint density at radius 3 is 2.45 bits per heavy atom. The Morgan fingerprint density at radius 1 is 1.25 bits per heavy atom. The van der Waals surface area contributed by atoms with Crippen LogP contribution in [0.25, 0.3) is 0 Å². The van der Waals surface area contributed by atoms with Gasteiger partial charge < -0.3 is 10.5 Å². The lowest BCUT2D eigenvalue weighted by Gasteiger charge is -2.46. The average molecular weight is 283 g/mol. The second-order valence-electron chi connectivity index (χ2n) is 6.66. The molecule has 1 aliphatic heterocycles. The van der Waals surface area contributed by atoms with Crippen LogP contribution in [0.5, 0.6) is 0 Å². The van der Waals surface area contributed by atoms with Gasteiger partial charge in [0.1, 0.15) is 0 Å². The van der Waals surface area contributed by atoms with Gasteiger partial charge in [-0.25, -0.2) is 0 Å². The van der Waals surface area contributed by atoms with E-state index in [1.807, 2.05) is 0 Å². The van der Waals surface area contributed by atoms with Crippen LogP contribution in [0.15, 0.2) is 0 Å². The van der Waals surface area contributed by atoms with Crippen molar-refractivity contribution >= 4 is 0 Å². The molecule has 0 amide bonds. The van der Waals surface area contributed by atoms with Gasteiger partial charge in [0.2, 0.25) is 0 Å². The maximum absolute atomic E-state index is 6.16. The van der Waals surface area contributed by atoms with Crippen molar-refractivity contribution in [3.63, 3.8) is 0 Å². The highest BCUT2D eigenvalue weighted by atomic mass is 16.5. The summed E-state index contributed by atoms with van der Waals surface area (Å²) in [5.41, 5.74) is 6.42. The second kappa shape index (κ2) is 7.74. The summed E-state index contributed by atoms with van der Waals surface area (Å²) in [5, 5.41) is 0. The Balaban J connectivity index is 1.80. The molecule has 0 atom stereocenters. The lowest BCUT2D eigenvalue weighted by atomic mass is 9.74. The zero-order chi connectivity index (χ0) is 14.4. The highest BCUT2D eigenvalue weighted by Gasteiger charge is 2.37. The van der Waals surface area contributed by atoms with Crippen molar-refractivity contribution in [3.05, 3.63) is 0 Å². The molecule has 2 fully saturated rings. The summed E-state index contributed by atoms with van der Waals surface area (Å²) in [6.45, 7) is 9.37. The first kappa shape index (κ1) is 16.2. The maximum atomic E-state index is 6.16. The number of likely N-dealkylation sites (N-methyl/N-ethyl adjacent to an activating group) is 1. The van der Waals surface area contributed by atoms with Crippen LogP contribution >= 0.6 is 0 Å². The molecule has 0 aromatic heterocycles. The van der Waals surface area contributed by atoms with Crippen molar-refractivity contribution in [2.75, 3.05) is 53.0 Å². The number of hydrogen-bond acceptors (Lipinski definition) is 4. The zero-order valence-electron chi connectivity index (χ0n) is 13.4. The Labute approximate surface area is 124 Å². The summed E-state index contributed by atoms with van der Waals surface area (Å²) in [6, 6.07) is 0. The molecule has 0 aromatic rings. The lowest BCUT2D eigenvalue weighted by Crippen LogP contribution is -2.56. The lowest BCUT2D eigenvalue weighted by molar-refractivity contribution is 0.0178. The Morgan fingerprint density at radius 2 is 1.90 bits per heavy atom. The van der Waals surface area contributed by atoms with Gasteiger partial charge >= 0.3 is 0 Å². The van der Waals surface area contributed by atoms with Crippen LogP contribution in [-0.4, -0.2) is 68.3 Å². The van der Waals surface area contributed by atoms with E-state index in [4.69, 9.17) is 10.5 Å². The van der Waals surface area contributed by atoms with Crippen molar-refractivity contribution in [2.45, 2.75) is 44.6 Å². The van der Waals surface area contributed by atoms with Crippen LogP contribution in [0.4, 0.5) is 0 Å². The summed E-state index contributed by atoms with van der Waals surface area (Å²) in [6.07, 6.45) is 6.60. The molecule has 2 aliphatic rings. The molecule has 1 saturated heterocycles. The summed E-state index contributed by atoms with van der Waals surface area (Å²) in [4.78, 5) is 5.07. The summed E-state index contributed by atoms with van der Waals surface area (Å²) < 4.78 is 5.41. The summed E-state index contributed by atoms with van der Waals surface area (Å²) in [7, 11) is 2.28. The van der Waals surface area contributed by atoms with Crippen molar-refractivity contribution in [2.24, 2.45) is 11.7 Å². The van der Waals surface area contributed by atoms with E-state index in [1.165, 1.54) is 32.1 Å². The van der Waals surface area contributed by atoms with E-state index in [-0.39, 0.29) is 5.54 Å². The molecule has 4 heteroatoms. The van der Waals surface area contributed by atoms with Gasteiger partial charge in [0.05, 0.1) is 13.2 Å².